The number of nitriles is 1. The molecule has 2 rings (SSSR count). The van der Waals surface area contributed by atoms with Crippen molar-refractivity contribution in [2.24, 2.45) is 5.92 Å². The van der Waals surface area contributed by atoms with E-state index in [0.29, 0.717) is 23.9 Å². The molecule has 0 saturated heterocycles. The van der Waals surface area contributed by atoms with Crippen LogP contribution in [0.5, 0.6) is 0 Å². The van der Waals surface area contributed by atoms with Gasteiger partial charge in [-0.2, -0.15) is 9.57 Å². The second-order valence-corrected chi connectivity index (χ2v) is 7.93. The van der Waals surface area contributed by atoms with Crippen molar-refractivity contribution < 1.29 is 13.2 Å². The van der Waals surface area contributed by atoms with Gasteiger partial charge in [0.15, 0.2) is 0 Å². The molecular formula is C12H16N2O3S2. The molecule has 1 aromatic heterocycles. The average molecular weight is 300 g/mol. The van der Waals surface area contributed by atoms with Crippen LogP contribution >= 0.6 is 11.3 Å². The molecule has 104 valence electrons. The highest BCUT2D eigenvalue weighted by atomic mass is 32.2. The van der Waals surface area contributed by atoms with Gasteiger partial charge in [0.25, 0.3) is 10.0 Å². The maximum absolute atomic E-state index is 12.2. The Hall–Kier alpha value is -0.940. The zero-order valence-corrected chi connectivity index (χ0v) is 12.3. The number of thiophene rings is 1. The van der Waals surface area contributed by atoms with E-state index in [2.05, 4.69) is 0 Å². The summed E-state index contributed by atoms with van der Waals surface area (Å²) in [5, 5.41) is 8.72. The van der Waals surface area contributed by atoms with E-state index in [9.17, 15) is 8.42 Å². The van der Waals surface area contributed by atoms with Crippen LogP contribution < -0.4 is 0 Å². The molecule has 0 bridgehead atoms. The molecule has 5 nitrogen and oxygen atoms in total. The predicted octanol–water partition coefficient (Wildman–Crippen LogP) is 1.67. The van der Waals surface area contributed by atoms with Crippen molar-refractivity contribution in [3.63, 3.8) is 0 Å². The Morgan fingerprint density at radius 2 is 2.26 bits per heavy atom. The summed E-state index contributed by atoms with van der Waals surface area (Å²) in [4.78, 5) is 0.400. The minimum atomic E-state index is -3.49. The number of hydrogen-bond acceptors (Lipinski definition) is 5. The van der Waals surface area contributed by atoms with Crippen LogP contribution in [0.3, 0.4) is 0 Å². The highest BCUT2D eigenvalue weighted by molar-refractivity contribution is 7.91. The van der Waals surface area contributed by atoms with Crippen LogP contribution in [0.2, 0.25) is 0 Å². The highest BCUT2D eigenvalue weighted by Gasteiger charge is 2.24. The van der Waals surface area contributed by atoms with Gasteiger partial charge in [-0.15, -0.1) is 11.3 Å². The fourth-order valence-electron chi connectivity index (χ4n) is 1.52. The number of nitrogens with zero attached hydrogens (tertiary/aromatic N) is 2. The molecular weight excluding hydrogens is 284 g/mol. The Bertz CT molecular complexity index is 570. The second-order valence-electron chi connectivity index (χ2n) is 4.58. The zero-order chi connectivity index (χ0) is 13.9. The van der Waals surface area contributed by atoms with Crippen molar-refractivity contribution in [3.8, 4) is 6.07 Å². The Kier molecular flexibility index (Phi) is 4.58. The first-order valence-corrected chi connectivity index (χ1v) is 8.33. The fraction of sp³-hybridized carbons (Fsp3) is 0.583. The van der Waals surface area contributed by atoms with Crippen molar-refractivity contribution in [1.82, 2.24) is 4.31 Å². The SMILES string of the molecule is CN(CCOCC1CC1)S(=O)(=O)c1ccc(C#N)s1. The van der Waals surface area contributed by atoms with Crippen LogP contribution in [-0.2, 0) is 14.8 Å². The summed E-state index contributed by atoms with van der Waals surface area (Å²) in [6.07, 6.45) is 2.44. The standard InChI is InChI=1S/C12H16N2O3S2/c1-14(6-7-17-9-10-2-3-10)19(15,16)12-5-4-11(8-13)18-12/h4-5,10H,2-3,6-7,9H2,1H3. The van der Waals surface area contributed by atoms with Gasteiger partial charge in [-0.05, 0) is 30.9 Å². The smallest absolute Gasteiger partial charge is 0.252 e. The molecule has 1 heterocycles. The average Bonchev–Trinajstić information content (AvgIpc) is 3.07. The van der Waals surface area contributed by atoms with E-state index in [0.717, 1.165) is 17.9 Å². The van der Waals surface area contributed by atoms with Gasteiger partial charge in [0.1, 0.15) is 15.2 Å². The maximum atomic E-state index is 12.2. The summed E-state index contributed by atoms with van der Waals surface area (Å²) in [6.45, 7) is 1.46. The Labute approximate surface area is 117 Å². The van der Waals surface area contributed by atoms with E-state index in [1.165, 1.54) is 36.3 Å². The summed E-state index contributed by atoms with van der Waals surface area (Å²) in [5.41, 5.74) is 0. The fourth-order valence-corrected chi connectivity index (χ4v) is 3.99. The minimum absolute atomic E-state index is 0.203. The number of ether oxygens (including phenoxy) is 1. The molecule has 1 aromatic rings. The molecule has 0 radical (unpaired) electrons. The number of rotatable bonds is 7. The molecule has 1 fully saturated rings. The quantitative estimate of drug-likeness (QED) is 0.718. The van der Waals surface area contributed by atoms with Crippen molar-refractivity contribution in [2.45, 2.75) is 17.1 Å². The van der Waals surface area contributed by atoms with Gasteiger partial charge >= 0.3 is 0 Å². The van der Waals surface area contributed by atoms with Crippen LogP contribution in [0, 0.1) is 17.2 Å². The lowest BCUT2D eigenvalue weighted by Crippen LogP contribution is -2.30. The molecule has 0 unspecified atom stereocenters. The van der Waals surface area contributed by atoms with E-state index in [1.54, 1.807) is 0 Å². The molecule has 0 aliphatic heterocycles. The Balaban J connectivity index is 1.88. The van der Waals surface area contributed by atoms with Crippen LogP contribution in [0.1, 0.15) is 17.7 Å². The first-order chi connectivity index (χ1) is 9.04. The number of hydrogen-bond donors (Lipinski definition) is 0. The zero-order valence-electron chi connectivity index (χ0n) is 10.7. The topological polar surface area (TPSA) is 70.4 Å². The van der Waals surface area contributed by atoms with Gasteiger partial charge in [0.2, 0.25) is 0 Å². The third-order valence-electron chi connectivity index (χ3n) is 2.96. The molecule has 0 amide bonds. The van der Waals surface area contributed by atoms with Crippen molar-refractivity contribution in [1.29, 1.82) is 5.26 Å². The van der Waals surface area contributed by atoms with Crippen LogP contribution in [0.15, 0.2) is 16.3 Å². The van der Waals surface area contributed by atoms with Crippen molar-refractivity contribution in [3.05, 3.63) is 17.0 Å². The van der Waals surface area contributed by atoms with Crippen LogP contribution in [0.25, 0.3) is 0 Å². The summed E-state index contributed by atoms with van der Waals surface area (Å²) in [5.74, 6) is 0.678. The van der Waals surface area contributed by atoms with E-state index >= 15 is 0 Å². The van der Waals surface area contributed by atoms with E-state index in [-0.39, 0.29) is 4.21 Å². The first kappa shape index (κ1) is 14.5. The highest BCUT2D eigenvalue weighted by Crippen LogP contribution is 2.28. The van der Waals surface area contributed by atoms with Crippen molar-refractivity contribution in [2.75, 3.05) is 26.8 Å². The van der Waals surface area contributed by atoms with Gasteiger partial charge in [0, 0.05) is 20.2 Å². The lowest BCUT2D eigenvalue weighted by molar-refractivity contribution is 0.117. The molecule has 0 atom stereocenters. The van der Waals surface area contributed by atoms with Gasteiger partial charge in [0.05, 0.1) is 6.61 Å². The predicted molar refractivity (Wildman–Crippen MR) is 72.4 cm³/mol. The summed E-state index contributed by atoms with van der Waals surface area (Å²) in [6, 6.07) is 4.94. The third-order valence-corrected chi connectivity index (χ3v) is 6.27. The molecule has 19 heavy (non-hydrogen) atoms. The summed E-state index contributed by atoms with van der Waals surface area (Å²) in [7, 11) is -1.96. The number of sulfonamides is 1. The monoisotopic (exact) mass is 300 g/mol. The Morgan fingerprint density at radius 1 is 1.53 bits per heavy atom. The van der Waals surface area contributed by atoms with Gasteiger partial charge < -0.3 is 4.74 Å². The van der Waals surface area contributed by atoms with E-state index in [4.69, 9.17) is 10.00 Å². The first-order valence-electron chi connectivity index (χ1n) is 6.08. The van der Waals surface area contributed by atoms with Gasteiger partial charge in [-0.25, -0.2) is 8.42 Å². The minimum Gasteiger partial charge on any atom is -0.380 e. The molecule has 0 spiro atoms. The molecule has 1 aliphatic carbocycles. The second kappa shape index (κ2) is 6.01. The lowest BCUT2D eigenvalue weighted by atomic mass is 10.5. The molecule has 0 N–H and O–H groups in total. The van der Waals surface area contributed by atoms with Crippen molar-refractivity contribution >= 4 is 21.4 Å². The normalized spacial score (nSPS) is 15.6. The largest absolute Gasteiger partial charge is 0.380 e. The summed E-state index contributed by atoms with van der Waals surface area (Å²) >= 11 is 0.991. The Morgan fingerprint density at radius 3 is 2.84 bits per heavy atom. The third kappa shape index (κ3) is 3.76. The molecule has 7 heteroatoms. The van der Waals surface area contributed by atoms with Crippen LogP contribution in [-0.4, -0.2) is 39.5 Å². The van der Waals surface area contributed by atoms with Crippen LogP contribution in [0.4, 0.5) is 0 Å². The van der Waals surface area contributed by atoms with Gasteiger partial charge in [-0.3, -0.25) is 0 Å². The molecule has 0 aromatic carbocycles. The molecule has 1 saturated carbocycles. The van der Waals surface area contributed by atoms with Gasteiger partial charge in [-0.1, -0.05) is 0 Å². The lowest BCUT2D eigenvalue weighted by Gasteiger charge is -2.15. The summed E-state index contributed by atoms with van der Waals surface area (Å²) < 4.78 is 31.3. The van der Waals surface area contributed by atoms with E-state index < -0.39 is 10.0 Å². The van der Waals surface area contributed by atoms with E-state index in [1.807, 2.05) is 6.07 Å². The molecule has 1 aliphatic rings. The number of likely N-dealkylation sites (N-methyl/N-ethyl adjacent to an activating group) is 1. The maximum Gasteiger partial charge on any atom is 0.252 e.